The second-order valence-corrected chi connectivity index (χ2v) is 6.13. The van der Waals surface area contributed by atoms with Gasteiger partial charge in [0, 0.05) is 16.8 Å². The first-order valence-electron chi connectivity index (χ1n) is 7.84. The van der Waals surface area contributed by atoms with Crippen molar-refractivity contribution >= 4 is 28.2 Å². The van der Waals surface area contributed by atoms with Gasteiger partial charge in [-0.3, -0.25) is 9.59 Å². The molecule has 25 heavy (non-hydrogen) atoms. The molecule has 1 atom stereocenters. The average Bonchev–Trinajstić information content (AvgIpc) is 2.85. The van der Waals surface area contributed by atoms with E-state index in [1.807, 2.05) is 30.3 Å². The number of carbonyl (C=O) groups excluding carboxylic acids is 2. The molecule has 0 spiro atoms. The number of nitrogens with one attached hydrogen (secondary N) is 1. The smallest absolute Gasteiger partial charge is 0.261 e. The highest BCUT2D eigenvalue weighted by molar-refractivity contribution is 6.13. The third-order valence-corrected chi connectivity index (χ3v) is 4.56. The number of ketones is 1. The van der Waals surface area contributed by atoms with Gasteiger partial charge in [0.15, 0.2) is 11.4 Å². The lowest BCUT2D eigenvalue weighted by Gasteiger charge is -2.20. The standard InChI is InChI=1S/C20H14FNO3/c21-13-8-9-17-16(10-13)20(25,19(24)22-17)11-18(23)15-7-3-5-12-4-1-2-6-14(12)15/h1-10,25H,11H2,(H,22,24). The Morgan fingerprint density at radius 2 is 1.84 bits per heavy atom. The zero-order chi connectivity index (χ0) is 17.6. The summed E-state index contributed by atoms with van der Waals surface area (Å²) in [6.45, 7) is 0. The molecule has 0 aromatic heterocycles. The molecule has 2 N–H and O–H groups in total. The molecule has 1 heterocycles. The Hall–Kier alpha value is -3.05. The van der Waals surface area contributed by atoms with Gasteiger partial charge in [-0.05, 0) is 29.0 Å². The number of fused-ring (bicyclic) bond motifs is 2. The van der Waals surface area contributed by atoms with Crippen LogP contribution in [-0.2, 0) is 10.4 Å². The van der Waals surface area contributed by atoms with E-state index in [4.69, 9.17) is 0 Å². The van der Waals surface area contributed by atoms with Crippen molar-refractivity contribution < 1.29 is 19.1 Å². The number of Topliss-reactive ketones (excluding diaryl/α,β-unsaturated/α-hetero) is 1. The van der Waals surface area contributed by atoms with Gasteiger partial charge in [-0.25, -0.2) is 4.39 Å². The average molecular weight is 335 g/mol. The fourth-order valence-electron chi connectivity index (χ4n) is 3.29. The molecule has 0 fully saturated rings. The highest BCUT2D eigenvalue weighted by Gasteiger charge is 2.47. The molecule has 1 amide bonds. The van der Waals surface area contributed by atoms with Crippen LogP contribution in [0.2, 0.25) is 0 Å². The van der Waals surface area contributed by atoms with Gasteiger partial charge in [-0.2, -0.15) is 0 Å². The first-order valence-corrected chi connectivity index (χ1v) is 7.84. The van der Waals surface area contributed by atoms with Crippen LogP contribution in [0, 0.1) is 5.82 Å². The second-order valence-electron chi connectivity index (χ2n) is 6.13. The molecule has 0 saturated carbocycles. The first-order chi connectivity index (χ1) is 12.0. The minimum atomic E-state index is -2.08. The summed E-state index contributed by atoms with van der Waals surface area (Å²) in [6.07, 6.45) is -0.455. The fourth-order valence-corrected chi connectivity index (χ4v) is 3.29. The largest absolute Gasteiger partial charge is 0.375 e. The van der Waals surface area contributed by atoms with Gasteiger partial charge in [-0.15, -0.1) is 0 Å². The van der Waals surface area contributed by atoms with Crippen molar-refractivity contribution in [2.24, 2.45) is 0 Å². The summed E-state index contributed by atoms with van der Waals surface area (Å²) >= 11 is 0. The van der Waals surface area contributed by atoms with Crippen LogP contribution < -0.4 is 5.32 Å². The second kappa shape index (κ2) is 5.50. The van der Waals surface area contributed by atoms with Crippen LogP contribution in [0.3, 0.4) is 0 Å². The molecule has 3 aromatic carbocycles. The lowest BCUT2D eigenvalue weighted by Crippen LogP contribution is -2.36. The summed E-state index contributed by atoms with van der Waals surface area (Å²) in [5, 5.41) is 15.0. The predicted molar refractivity (Wildman–Crippen MR) is 91.8 cm³/mol. The Kier molecular flexibility index (Phi) is 3.40. The van der Waals surface area contributed by atoms with Gasteiger partial charge in [0.1, 0.15) is 5.82 Å². The summed E-state index contributed by atoms with van der Waals surface area (Å²) in [6, 6.07) is 16.3. The van der Waals surface area contributed by atoms with Crippen LogP contribution in [0.4, 0.5) is 10.1 Å². The summed E-state index contributed by atoms with van der Waals surface area (Å²) in [4.78, 5) is 25.1. The van der Waals surface area contributed by atoms with Crippen molar-refractivity contribution in [2.45, 2.75) is 12.0 Å². The van der Waals surface area contributed by atoms with E-state index < -0.39 is 23.7 Å². The number of rotatable bonds is 3. The Morgan fingerprint density at radius 3 is 2.68 bits per heavy atom. The molecule has 0 saturated heterocycles. The third-order valence-electron chi connectivity index (χ3n) is 4.56. The lowest BCUT2D eigenvalue weighted by atomic mass is 9.87. The minimum absolute atomic E-state index is 0.0890. The van der Waals surface area contributed by atoms with Crippen molar-refractivity contribution in [2.75, 3.05) is 5.32 Å². The van der Waals surface area contributed by atoms with Gasteiger partial charge >= 0.3 is 0 Å². The van der Waals surface area contributed by atoms with Crippen molar-refractivity contribution in [3.05, 3.63) is 77.6 Å². The maximum Gasteiger partial charge on any atom is 0.261 e. The van der Waals surface area contributed by atoms with E-state index in [0.717, 1.165) is 16.8 Å². The Bertz CT molecular complexity index is 1030. The number of anilines is 1. The van der Waals surface area contributed by atoms with E-state index in [9.17, 15) is 19.1 Å². The van der Waals surface area contributed by atoms with E-state index in [1.165, 1.54) is 12.1 Å². The van der Waals surface area contributed by atoms with Crippen LogP contribution in [0.1, 0.15) is 22.3 Å². The third kappa shape index (κ3) is 2.40. The van der Waals surface area contributed by atoms with Crippen LogP contribution in [-0.4, -0.2) is 16.8 Å². The van der Waals surface area contributed by atoms with Gasteiger partial charge in [0.25, 0.3) is 5.91 Å². The molecule has 4 nitrogen and oxygen atoms in total. The molecule has 1 aliphatic rings. The SMILES string of the molecule is O=C(CC1(O)C(=O)Nc2ccc(F)cc21)c1cccc2ccccc12. The van der Waals surface area contributed by atoms with Gasteiger partial charge < -0.3 is 10.4 Å². The van der Waals surface area contributed by atoms with E-state index >= 15 is 0 Å². The fraction of sp³-hybridized carbons (Fsp3) is 0.100. The zero-order valence-electron chi connectivity index (χ0n) is 13.1. The van der Waals surface area contributed by atoms with Crippen LogP contribution >= 0.6 is 0 Å². The van der Waals surface area contributed by atoms with Crippen molar-refractivity contribution in [1.82, 2.24) is 0 Å². The Balaban J connectivity index is 1.76. The number of hydrogen-bond acceptors (Lipinski definition) is 3. The number of hydrogen-bond donors (Lipinski definition) is 2. The highest BCUT2D eigenvalue weighted by Crippen LogP contribution is 2.39. The van der Waals surface area contributed by atoms with Gasteiger partial charge in [0.2, 0.25) is 0 Å². The van der Waals surface area contributed by atoms with E-state index in [0.29, 0.717) is 11.3 Å². The maximum atomic E-state index is 13.6. The quantitative estimate of drug-likeness (QED) is 0.721. The molecule has 0 aliphatic carbocycles. The Labute approximate surface area is 142 Å². The van der Waals surface area contributed by atoms with Crippen molar-refractivity contribution in [1.29, 1.82) is 0 Å². The van der Waals surface area contributed by atoms with Crippen LogP contribution in [0.15, 0.2) is 60.7 Å². The topological polar surface area (TPSA) is 66.4 Å². The summed E-state index contributed by atoms with van der Waals surface area (Å²) < 4.78 is 13.6. The first kappa shape index (κ1) is 15.5. The van der Waals surface area contributed by atoms with Gasteiger partial charge in [0.05, 0.1) is 6.42 Å². The normalized spacial score (nSPS) is 18.9. The van der Waals surface area contributed by atoms with E-state index in [1.54, 1.807) is 12.1 Å². The van der Waals surface area contributed by atoms with Crippen LogP contribution in [0.5, 0.6) is 0 Å². The number of benzene rings is 3. The molecule has 1 aliphatic heterocycles. The number of amides is 1. The summed E-state index contributed by atoms with van der Waals surface area (Å²) in [5.74, 6) is -1.68. The highest BCUT2D eigenvalue weighted by atomic mass is 19.1. The molecule has 0 radical (unpaired) electrons. The molecule has 124 valence electrons. The van der Waals surface area contributed by atoms with E-state index in [-0.39, 0.29) is 11.3 Å². The van der Waals surface area contributed by atoms with Crippen LogP contribution in [0.25, 0.3) is 10.8 Å². The predicted octanol–water partition coefficient (Wildman–Crippen LogP) is 3.39. The molecule has 5 heteroatoms. The maximum absolute atomic E-state index is 13.6. The molecule has 4 rings (SSSR count). The number of aliphatic hydroxyl groups is 1. The monoisotopic (exact) mass is 335 g/mol. The molecule has 3 aromatic rings. The summed E-state index contributed by atoms with van der Waals surface area (Å²) in [7, 11) is 0. The molecular formula is C20H14FNO3. The number of carbonyl (C=O) groups is 2. The zero-order valence-corrected chi connectivity index (χ0v) is 13.1. The molecule has 0 bridgehead atoms. The van der Waals surface area contributed by atoms with Crippen molar-refractivity contribution in [3.8, 4) is 0 Å². The molecular weight excluding hydrogens is 321 g/mol. The van der Waals surface area contributed by atoms with Crippen molar-refractivity contribution in [3.63, 3.8) is 0 Å². The molecule has 1 unspecified atom stereocenters. The number of halogens is 1. The minimum Gasteiger partial charge on any atom is -0.375 e. The summed E-state index contributed by atoms with van der Waals surface area (Å²) in [5.41, 5.74) is -1.25. The lowest BCUT2D eigenvalue weighted by molar-refractivity contribution is -0.133. The Morgan fingerprint density at radius 1 is 1.08 bits per heavy atom. The van der Waals surface area contributed by atoms with Gasteiger partial charge in [-0.1, -0.05) is 42.5 Å². The van der Waals surface area contributed by atoms with E-state index in [2.05, 4.69) is 5.32 Å².